The van der Waals surface area contributed by atoms with Crippen LogP contribution >= 0.6 is 11.8 Å². The van der Waals surface area contributed by atoms with Crippen LogP contribution in [0.5, 0.6) is 0 Å². The van der Waals surface area contributed by atoms with Crippen LogP contribution in [0.15, 0.2) is 18.2 Å². The third-order valence-corrected chi connectivity index (χ3v) is 4.66. The summed E-state index contributed by atoms with van der Waals surface area (Å²) in [7, 11) is 0. The number of carbonyl (C=O) groups is 1. The first-order chi connectivity index (χ1) is 10.2. The zero-order valence-corrected chi connectivity index (χ0v) is 13.1. The molecule has 4 heteroatoms. The van der Waals surface area contributed by atoms with Gasteiger partial charge in [0.15, 0.2) is 0 Å². The van der Waals surface area contributed by atoms with Crippen molar-refractivity contribution in [2.24, 2.45) is 0 Å². The molecule has 0 spiro atoms. The Bertz CT molecular complexity index is 554. The molecule has 1 heterocycles. The van der Waals surface area contributed by atoms with Crippen LogP contribution in [0, 0.1) is 18.8 Å². The second-order valence-corrected chi connectivity index (χ2v) is 6.34. The minimum absolute atomic E-state index is 0.000433. The van der Waals surface area contributed by atoms with E-state index in [1.807, 2.05) is 36.9 Å². The van der Waals surface area contributed by atoms with Crippen molar-refractivity contribution in [1.29, 1.82) is 0 Å². The summed E-state index contributed by atoms with van der Waals surface area (Å²) in [6, 6.07) is 5.88. The van der Waals surface area contributed by atoms with Gasteiger partial charge in [-0.25, -0.2) is 0 Å². The molecule has 0 saturated carbocycles. The highest BCUT2D eigenvalue weighted by atomic mass is 32.2. The Balaban J connectivity index is 2.01. The maximum absolute atomic E-state index is 12.2. The van der Waals surface area contributed by atoms with Gasteiger partial charge in [-0.1, -0.05) is 11.8 Å². The maximum atomic E-state index is 12.2. The average molecular weight is 303 g/mol. The molecular weight excluding hydrogens is 282 g/mol. The molecule has 0 aliphatic carbocycles. The fourth-order valence-corrected chi connectivity index (χ4v) is 3.35. The van der Waals surface area contributed by atoms with E-state index < -0.39 is 0 Å². The quantitative estimate of drug-likeness (QED) is 0.843. The van der Waals surface area contributed by atoms with Crippen molar-refractivity contribution in [3.8, 4) is 11.8 Å². The Labute approximate surface area is 130 Å². The number of carbonyl (C=O) groups excluding carboxylic acids is 1. The minimum atomic E-state index is 0.000433. The molecule has 0 aromatic heterocycles. The second-order valence-electron chi connectivity index (χ2n) is 5.19. The summed E-state index contributed by atoms with van der Waals surface area (Å²) in [4.78, 5) is 12.2. The number of aliphatic hydroxyl groups excluding tert-OH is 1. The Hall–Kier alpha value is -1.44. The number of thioether (sulfide) groups is 1. The van der Waals surface area contributed by atoms with Crippen molar-refractivity contribution in [2.45, 2.75) is 32.2 Å². The molecule has 2 rings (SSSR count). The first-order valence-electron chi connectivity index (χ1n) is 7.29. The van der Waals surface area contributed by atoms with Gasteiger partial charge >= 0.3 is 0 Å². The van der Waals surface area contributed by atoms with Crippen LogP contribution < -0.4 is 5.32 Å². The van der Waals surface area contributed by atoms with E-state index in [0.29, 0.717) is 18.0 Å². The highest BCUT2D eigenvalue weighted by molar-refractivity contribution is 7.99. The highest BCUT2D eigenvalue weighted by Crippen LogP contribution is 2.18. The molecular formula is C17H21NO2S. The number of rotatable bonds is 3. The predicted molar refractivity (Wildman–Crippen MR) is 87.6 cm³/mol. The largest absolute Gasteiger partial charge is 0.395 e. The zero-order valence-electron chi connectivity index (χ0n) is 12.3. The first kappa shape index (κ1) is 15.9. The number of nitrogens with one attached hydrogen (secondary N) is 1. The van der Waals surface area contributed by atoms with E-state index in [2.05, 4.69) is 17.2 Å². The van der Waals surface area contributed by atoms with E-state index in [1.165, 1.54) is 12.2 Å². The van der Waals surface area contributed by atoms with Crippen LogP contribution in [0.1, 0.15) is 40.7 Å². The number of benzene rings is 1. The molecule has 1 aromatic carbocycles. The van der Waals surface area contributed by atoms with Crippen molar-refractivity contribution < 1.29 is 9.90 Å². The SMILES string of the molecule is Cc1cc(C(=O)NC2CCCSC2)ccc1C#CCCO. The summed E-state index contributed by atoms with van der Waals surface area (Å²) in [5.74, 6) is 8.13. The topological polar surface area (TPSA) is 49.3 Å². The van der Waals surface area contributed by atoms with E-state index in [9.17, 15) is 4.79 Å². The lowest BCUT2D eigenvalue weighted by atomic mass is 10.0. The van der Waals surface area contributed by atoms with Crippen LogP contribution in [-0.2, 0) is 0 Å². The van der Waals surface area contributed by atoms with Crippen molar-refractivity contribution >= 4 is 17.7 Å². The molecule has 3 nitrogen and oxygen atoms in total. The van der Waals surface area contributed by atoms with E-state index in [4.69, 9.17) is 5.11 Å². The van der Waals surface area contributed by atoms with Crippen molar-refractivity contribution in [3.05, 3.63) is 34.9 Å². The molecule has 1 aliphatic rings. The summed E-state index contributed by atoms with van der Waals surface area (Å²) in [5.41, 5.74) is 2.59. The number of aryl methyl sites for hydroxylation is 1. The van der Waals surface area contributed by atoms with Gasteiger partial charge in [0.25, 0.3) is 5.91 Å². The molecule has 1 saturated heterocycles. The van der Waals surface area contributed by atoms with Gasteiger partial charge in [0, 0.05) is 29.3 Å². The molecule has 1 unspecified atom stereocenters. The smallest absolute Gasteiger partial charge is 0.251 e. The third kappa shape index (κ3) is 4.80. The third-order valence-electron chi connectivity index (χ3n) is 3.44. The van der Waals surface area contributed by atoms with E-state index in [0.717, 1.165) is 23.3 Å². The number of hydrogen-bond donors (Lipinski definition) is 2. The van der Waals surface area contributed by atoms with Gasteiger partial charge in [-0.2, -0.15) is 11.8 Å². The summed E-state index contributed by atoms with van der Waals surface area (Å²) in [5, 5.41) is 11.8. The van der Waals surface area contributed by atoms with Gasteiger partial charge in [0.1, 0.15) is 0 Å². The molecule has 1 aromatic rings. The van der Waals surface area contributed by atoms with Crippen molar-refractivity contribution in [1.82, 2.24) is 5.32 Å². The number of hydrogen-bond acceptors (Lipinski definition) is 3. The van der Waals surface area contributed by atoms with E-state index >= 15 is 0 Å². The molecule has 1 fully saturated rings. The molecule has 21 heavy (non-hydrogen) atoms. The molecule has 1 aliphatic heterocycles. The lowest BCUT2D eigenvalue weighted by Crippen LogP contribution is -2.38. The number of amides is 1. The zero-order chi connectivity index (χ0) is 15.1. The molecule has 1 amide bonds. The second kappa shape index (κ2) is 8.11. The Morgan fingerprint density at radius 1 is 1.52 bits per heavy atom. The monoisotopic (exact) mass is 303 g/mol. The maximum Gasteiger partial charge on any atom is 0.251 e. The van der Waals surface area contributed by atoms with Crippen LogP contribution in [0.3, 0.4) is 0 Å². The fourth-order valence-electron chi connectivity index (χ4n) is 2.28. The summed E-state index contributed by atoms with van der Waals surface area (Å²) in [6.45, 7) is 2.03. The lowest BCUT2D eigenvalue weighted by Gasteiger charge is -2.22. The summed E-state index contributed by atoms with van der Waals surface area (Å²) < 4.78 is 0. The van der Waals surface area contributed by atoms with Crippen LogP contribution in [0.4, 0.5) is 0 Å². The van der Waals surface area contributed by atoms with Crippen LogP contribution in [-0.4, -0.2) is 35.2 Å². The summed E-state index contributed by atoms with van der Waals surface area (Å²) in [6.07, 6.45) is 2.72. The number of aliphatic hydroxyl groups is 1. The highest BCUT2D eigenvalue weighted by Gasteiger charge is 2.17. The molecule has 2 N–H and O–H groups in total. The van der Waals surface area contributed by atoms with Gasteiger partial charge in [-0.05, 0) is 49.3 Å². The van der Waals surface area contributed by atoms with Gasteiger partial charge in [-0.15, -0.1) is 0 Å². The van der Waals surface area contributed by atoms with Crippen LogP contribution in [0.25, 0.3) is 0 Å². The van der Waals surface area contributed by atoms with Gasteiger partial charge < -0.3 is 10.4 Å². The van der Waals surface area contributed by atoms with E-state index in [-0.39, 0.29) is 12.5 Å². The van der Waals surface area contributed by atoms with Crippen molar-refractivity contribution in [3.63, 3.8) is 0 Å². The minimum Gasteiger partial charge on any atom is -0.395 e. The van der Waals surface area contributed by atoms with E-state index in [1.54, 1.807) is 0 Å². The normalized spacial score (nSPS) is 17.7. The molecule has 1 atom stereocenters. The standard InChI is InChI=1S/C17H21NO2S/c1-13-11-15(8-7-14(13)5-2-3-9-19)17(20)18-16-6-4-10-21-12-16/h7-8,11,16,19H,3-4,6,9-10,12H2,1H3,(H,18,20). The first-order valence-corrected chi connectivity index (χ1v) is 8.45. The molecule has 112 valence electrons. The van der Waals surface area contributed by atoms with Gasteiger partial charge in [0.05, 0.1) is 6.61 Å². The van der Waals surface area contributed by atoms with Crippen molar-refractivity contribution in [2.75, 3.05) is 18.1 Å². The predicted octanol–water partition coefficient (Wildman–Crippen LogP) is 2.35. The Kier molecular flexibility index (Phi) is 6.16. The summed E-state index contributed by atoms with van der Waals surface area (Å²) >= 11 is 1.90. The Morgan fingerprint density at radius 3 is 3.05 bits per heavy atom. The van der Waals surface area contributed by atoms with Gasteiger partial charge in [-0.3, -0.25) is 4.79 Å². The lowest BCUT2D eigenvalue weighted by molar-refractivity contribution is 0.0938. The Morgan fingerprint density at radius 2 is 2.38 bits per heavy atom. The molecule has 0 radical (unpaired) electrons. The van der Waals surface area contributed by atoms with Gasteiger partial charge in [0.2, 0.25) is 0 Å². The fraction of sp³-hybridized carbons (Fsp3) is 0.471. The molecule has 0 bridgehead atoms. The average Bonchev–Trinajstić information content (AvgIpc) is 2.50. The van der Waals surface area contributed by atoms with Crippen LogP contribution in [0.2, 0.25) is 0 Å².